The number of H-pyrrole nitrogens is 1. The molecule has 0 radical (unpaired) electrons. The van der Waals surface area contributed by atoms with Crippen LogP contribution in [0.2, 0.25) is 0 Å². The van der Waals surface area contributed by atoms with Crippen LogP contribution in [0.15, 0.2) is 18.3 Å². The molecular weight excluding hydrogens is 230 g/mol. The highest BCUT2D eigenvalue weighted by Gasteiger charge is 2.15. The quantitative estimate of drug-likeness (QED) is 0.834. The molecule has 88 valence electrons. The molecule has 0 aliphatic heterocycles. The SMILES string of the molecule is COc1c(F)cc(-c2[nH]ncc2C=O)cc1F. The number of halogens is 2. The fourth-order valence-electron chi connectivity index (χ4n) is 1.52. The van der Waals surface area contributed by atoms with Crippen molar-refractivity contribution in [3.8, 4) is 17.0 Å². The number of carbonyl (C=O) groups excluding carboxylic acids is 1. The van der Waals surface area contributed by atoms with Crippen LogP contribution in [-0.4, -0.2) is 23.6 Å². The molecule has 1 N–H and O–H groups in total. The van der Waals surface area contributed by atoms with Crippen molar-refractivity contribution in [2.45, 2.75) is 0 Å². The van der Waals surface area contributed by atoms with Crippen LogP contribution in [-0.2, 0) is 0 Å². The van der Waals surface area contributed by atoms with Crippen LogP contribution in [0.5, 0.6) is 5.75 Å². The lowest BCUT2D eigenvalue weighted by atomic mass is 10.1. The Kier molecular flexibility index (Phi) is 2.86. The Balaban J connectivity index is 2.58. The van der Waals surface area contributed by atoms with Gasteiger partial charge in [-0.25, -0.2) is 8.78 Å². The molecule has 1 aromatic carbocycles. The zero-order valence-electron chi connectivity index (χ0n) is 8.83. The lowest BCUT2D eigenvalue weighted by Crippen LogP contribution is -1.95. The Hall–Kier alpha value is -2.24. The highest BCUT2D eigenvalue weighted by Crippen LogP contribution is 2.28. The van der Waals surface area contributed by atoms with Gasteiger partial charge < -0.3 is 4.74 Å². The molecule has 6 heteroatoms. The lowest BCUT2D eigenvalue weighted by molar-refractivity contribution is 0.112. The van der Waals surface area contributed by atoms with Crippen molar-refractivity contribution in [3.05, 3.63) is 35.5 Å². The summed E-state index contributed by atoms with van der Waals surface area (Å²) >= 11 is 0. The second kappa shape index (κ2) is 4.32. The predicted octanol–water partition coefficient (Wildman–Crippen LogP) is 2.18. The molecule has 1 aromatic heterocycles. The van der Waals surface area contributed by atoms with Gasteiger partial charge in [0.25, 0.3) is 0 Å². The average molecular weight is 238 g/mol. The molecule has 0 atom stereocenters. The maximum atomic E-state index is 13.5. The number of aromatic amines is 1. The highest BCUT2D eigenvalue weighted by molar-refractivity contribution is 5.85. The molecule has 0 fully saturated rings. The Bertz CT molecular complexity index is 543. The first kappa shape index (κ1) is 11.3. The third-order valence-corrected chi connectivity index (χ3v) is 2.29. The molecule has 0 aliphatic carbocycles. The summed E-state index contributed by atoms with van der Waals surface area (Å²) in [6, 6.07) is 2.14. The monoisotopic (exact) mass is 238 g/mol. The molecule has 1 heterocycles. The van der Waals surface area contributed by atoms with Gasteiger partial charge in [-0.05, 0) is 12.1 Å². The van der Waals surface area contributed by atoms with E-state index in [0.717, 1.165) is 12.1 Å². The summed E-state index contributed by atoms with van der Waals surface area (Å²) in [5, 5.41) is 6.15. The maximum Gasteiger partial charge on any atom is 0.190 e. The first-order valence-corrected chi connectivity index (χ1v) is 4.69. The van der Waals surface area contributed by atoms with Gasteiger partial charge in [-0.1, -0.05) is 0 Å². The molecule has 0 saturated heterocycles. The zero-order valence-corrected chi connectivity index (χ0v) is 8.83. The average Bonchev–Trinajstić information content (AvgIpc) is 2.76. The van der Waals surface area contributed by atoms with Gasteiger partial charge in [0, 0.05) is 5.56 Å². The van der Waals surface area contributed by atoms with E-state index in [9.17, 15) is 13.6 Å². The van der Waals surface area contributed by atoms with Crippen molar-refractivity contribution in [1.82, 2.24) is 10.2 Å². The summed E-state index contributed by atoms with van der Waals surface area (Å²) in [7, 11) is 1.17. The van der Waals surface area contributed by atoms with Gasteiger partial charge in [0.2, 0.25) is 0 Å². The van der Waals surface area contributed by atoms with Crippen LogP contribution in [0.4, 0.5) is 8.78 Å². The molecule has 0 spiro atoms. The Morgan fingerprint density at radius 3 is 2.53 bits per heavy atom. The summed E-state index contributed by atoms with van der Waals surface area (Å²) in [5.41, 5.74) is 0.690. The number of ether oxygens (including phenoxy) is 1. The van der Waals surface area contributed by atoms with Crippen molar-refractivity contribution in [3.63, 3.8) is 0 Å². The normalized spacial score (nSPS) is 10.3. The van der Waals surface area contributed by atoms with Gasteiger partial charge in [-0.3, -0.25) is 9.89 Å². The van der Waals surface area contributed by atoms with E-state index in [1.807, 2.05) is 0 Å². The van der Waals surface area contributed by atoms with Crippen molar-refractivity contribution >= 4 is 6.29 Å². The van der Waals surface area contributed by atoms with E-state index in [1.54, 1.807) is 0 Å². The van der Waals surface area contributed by atoms with E-state index in [2.05, 4.69) is 14.9 Å². The summed E-state index contributed by atoms with van der Waals surface area (Å²) < 4.78 is 31.5. The maximum absolute atomic E-state index is 13.5. The molecule has 0 bridgehead atoms. The number of benzene rings is 1. The Morgan fingerprint density at radius 1 is 1.35 bits per heavy atom. The second-order valence-electron chi connectivity index (χ2n) is 3.29. The van der Waals surface area contributed by atoms with Crippen LogP contribution in [0.1, 0.15) is 10.4 Å². The number of aromatic nitrogens is 2. The van der Waals surface area contributed by atoms with E-state index in [0.29, 0.717) is 6.29 Å². The molecular formula is C11H8F2N2O2. The molecule has 2 aromatic rings. The number of nitrogens with one attached hydrogen (secondary N) is 1. The molecule has 0 aliphatic rings. The fraction of sp³-hybridized carbons (Fsp3) is 0.0909. The number of hydrogen-bond acceptors (Lipinski definition) is 3. The topological polar surface area (TPSA) is 55.0 Å². The first-order valence-electron chi connectivity index (χ1n) is 4.69. The van der Waals surface area contributed by atoms with Crippen LogP contribution < -0.4 is 4.74 Å². The van der Waals surface area contributed by atoms with Gasteiger partial charge in [-0.15, -0.1) is 0 Å². The van der Waals surface area contributed by atoms with E-state index in [1.165, 1.54) is 13.3 Å². The van der Waals surface area contributed by atoms with E-state index in [-0.39, 0.29) is 16.8 Å². The summed E-state index contributed by atoms with van der Waals surface area (Å²) in [4.78, 5) is 10.7. The van der Waals surface area contributed by atoms with Crippen LogP contribution in [0, 0.1) is 11.6 Å². The van der Waals surface area contributed by atoms with Gasteiger partial charge in [-0.2, -0.15) is 5.10 Å². The van der Waals surface area contributed by atoms with Gasteiger partial charge >= 0.3 is 0 Å². The molecule has 0 unspecified atom stereocenters. The lowest BCUT2D eigenvalue weighted by Gasteiger charge is -2.06. The van der Waals surface area contributed by atoms with Crippen LogP contribution in [0.3, 0.4) is 0 Å². The van der Waals surface area contributed by atoms with Gasteiger partial charge in [0.1, 0.15) is 0 Å². The number of methoxy groups -OCH3 is 1. The van der Waals surface area contributed by atoms with E-state index < -0.39 is 17.4 Å². The van der Waals surface area contributed by atoms with Gasteiger partial charge in [0.15, 0.2) is 23.7 Å². The number of hydrogen-bond donors (Lipinski definition) is 1. The van der Waals surface area contributed by atoms with Crippen LogP contribution in [0.25, 0.3) is 11.3 Å². The summed E-state index contributed by atoms with van der Waals surface area (Å²) in [6.45, 7) is 0. The zero-order chi connectivity index (χ0) is 12.4. The first-order chi connectivity index (χ1) is 8.17. The summed E-state index contributed by atoms with van der Waals surface area (Å²) in [5.74, 6) is -2.14. The number of nitrogens with zero attached hydrogens (tertiary/aromatic N) is 1. The number of rotatable bonds is 3. The second-order valence-corrected chi connectivity index (χ2v) is 3.29. The van der Waals surface area contributed by atoms with Crippen molar-refractivity contribution in [2.24, 2.45) is 0 Å². The van der Waals surface area contributed by atoms with E-state index >= 15 is 0 Å². The third kappa shape index (κ3) is 1.89. The van der Waals surface area contributed by atoms with Crippen molar-refractivity contribution < 1.29 is 18.3 Å². The van der Waals surface area contributed by atoms with Crippen molar-refractivity contribution in [2.75, 3.05) is 7.11 Å². The van der Waals surface area contributed by atoms with Crippen molar-refractivity contribution in [1.29, 1.82) is 0 Å². The van der Waals surface area contributed by atoms with Gasteiger partial charge in [0.05, 0.1) is 24.6 Å². The smallest absolute Gasteiger partial charge is 0.190 e. The minimum absolute atomic E-state index is 0.195. The molecule has 2 rings (SSSR count). The van der Waals surface area contributed by atoms with E-state index in [4.69, 9.17) is 0 Å². The number of aldehydes is 1. The minimum Gasteiger partial charge on any atom is -0.491 e. The third-order valence-electron chi connectivity index (χ3n) is 2.29. The largest absolute Gasteiger partial charge is 0.491 e. The minimum atomic E-state index is -0.839. The standard InChI is InChI=1S/C11H8F2N2O2/c1-17-11-8(12)2-6(3-9(11)13)10-7(5-16)4-14-15-10/h2-5H,1H3,(H,14,15). The predicted molar refractivity (Wildman–Crippen MR) is 55.9 cm³/mol. The highest BCUT2D eigenvalue weighted by atomic mass is 19.1. The molecule has 0 saturated carbocycles. The number of carbonyl (C=O) groups is 1. The molecule has 0 amide bonds. The Labute approximate surface area is 95.2 Å². The molecule has 4 nitrogen and oxygen atoms in total. The summed E-state index contributed by atoms with van der Waals surface area (Å²) in [6.07, 6.45) is 1.83. The fourth-order valence-corrected chi connectivity index (χ4v) is 1.52. The molecule has 17 heavy (non-hydrogen) atoms. The van der Waals surface area contributed by atoms with Crippen LogP contribution >= 0.6 is 0 Å². The Morgan fingerprint density at radius 2 is 2.00 bits per heavy atom.